The summed E-state index contributed by atoms with van der Waals surface area (Å²) in [4.78, 5) is 14.0. The molecule has 0 spiro atoms. The number of methoxy groups -OCH3 is 1. The van der Waals surface area contributed by atoms with Crippen LogP contribution in [0.2, 0.25) is 0 Å². The maximum atomic E-state index is 13.6. The Morgan fingerprint density at radius 2 is 2.27 bits per heavy atom. The van der Waals surface area contributed by atoms with E-state index in [-0.39, 0.29) is 11.5 Å². The molecule has 0 aliphatic carbocycles. The Hall–Kier alpha value is -1.36. The summed E-state index contributed by atoms with van der Waals surface area (Å²) in [5.74, 6) is -0.902. The normalized spacial score (nSPS) is 10.6. The molecule has 0 aliphatic heterocycles. The molecule has 5 heteroatoms. The lowest BCUT2D eigenvalue weighted by Crippen LogP contribution is -2.00. The lowest BCUT2D eigenvalue weighted by Gasteiger charge is -1.94. The van der Waals surface area contributed by atoms with E-state index in [1.54, 1.807) is 12.1 Å². The number of aromatic amines is 1. The number of carbonyl (C=O) groups is 1. The third kappa shape index (κ3) is 1.63. The first kappa shape index (κ1) is 10.2. The van der Waals surface area contributed by atoms with Crippen LogP contribution < -0.4 is 0 Å². The van der Waals surface area contributed by atoms with Crippen LogP contribution in [-0.4, -0.2) is 18.1 Å². The highest BCUT2D eigenvalue weighted by atomic mass is 79.9. The van der Waals surface area contributed by atoms with Crippen molar-refractivity contribution >= 4 is 32.8 Å². The maximum absolute atomic E-state index is 13.6. The average molecular weight is 272 g/mol. The summed E-state index contributed by atoms with van der Waals surface area (Å²) in [6.45, 7) is 0. The lowest BCUT2D eigenvalue weighted by atomic mass is 10.2. The van der Waals surface area contributed by atoms with E-state index < -0.39 is 5.97 Å². The summed E-state index contributed by atoms with van der Waals surface area (Å²) in [7, 11) is 1.28. The largest absolute Gasteiger partial charge is 0.464 e. The van der Waals surface area contributed by atoms with E-state index in [1.165, 1.54) is 13.2 Å². The second-order valence-corrected chi connectivity index (χ2v) is 3.85. The Kier molecular flexibility index (Phi) is 2.48. The molecule has 78 valence electrons. The van der Waals surface area contributed by atoms with Crippen LogP contribution >= 0.6 is 15.9 Å². The summed E-state index contributed by atoms with van der Waals surface area (Å²) in [5, 5.41) is 0.366. The number of H-pyrrole nitrogens is 1. The molecule has 2 aromatic rings. The van der Waals surface area contributed by atoms with E-state index in [9.17, 15) is 9.18 Å². The highest BCUT2D eigenvalue weighted by Crippen LogP contribution is 2.25. The number of benzene rings is 1. The van der Waals surface area contributed by atoms with Crippen molar-refractivity contribution in [2.24, 2.45) is 0 Å². The number of hydrogen-bond donors (Lipinski definition) is 1. The van der Waals surface area contributed by atoms with Gasteiger partial charge < -0.3 is 9.72 Å². The Morgan fingerprint density at radius 3 is 2.93 bits per heavy atom. The smallest absolute Gasteiger partial charge is 0.354 e. The Labute approximate surface area is 93.4 Å². The molecule has 3 nitrogen and oxygen atoms in total. The van der Waals surface area contributed by atoms with Crippen LogP contribution in [0.15, 0.2) is 22.7 Å². The number of aromatic nitrogens is 1. The van der Waals surface area contributed by atoms with Crippen LogP contribution in [0.1, 0.15) is 10.5 Å². The highest BCUT2D eigenvalue weighted by Gasteiger charge is 2.13. The quantitative estimate of drug-likeness (QED) is 0.811. The van der Waals surface area contributed by atoms with Crippen molar-refractivity contribution in [3.05, 3.63) is 34.2 Å². The predicted molar refractivity (Wildman–Crippen MR) is 57.3 cm³/mol. The van der Waals surface area contributed by atoms with E-state index >= 15 is 0 Å². The van der Waals surface area contributed by atoms with Crippen LogP contribution in [-0.2, 0) is 4.74 Å². The van der Waals surface area contributed by atoms with E-state index in [1.807, 2.05) is 0 Å². The number of esters is 1. The molecule has 0 fully saturated rings. The first-order valence-corrected chi connectivity index (χ1v) is 4.98. The topological polar surface area (TPSA) is 42.1 Å². The summed E-state index contributed by atoms with van der Waals surface area (Å²) in [6.07, 6.45) is 0. The number of carbonyl (C=O) groups excluding carboxylic acids is 1. The molecular formula is C10H7BrFNO2. The highest BCUT2D eigenvalue weighted by molar-refractivity contribution is 9.10. The molecule has 15 heavy (non-hydrogen) atoms. The third-order valence-corrected chi connectivity index (χ3v) is 2.71. The molecule has 0 atom stereocenters. The van der Waals surface area contributed by atoms with Gasteiger partial charge in [-0.15, -0.1) is 0 Å². The molecule has 0 bridgehead atoms. The second-order valence-electron chi connectivity index (χ2n) is 3.00. The van der Waals surface area contributed by atoms with Crippen LogP contribution in [0.5, 0.6) is 0 Å². The summed E-state index contributed by atoms with van der Waals surface area (Å²) < 4.78 is 18.5. The van der Waals surface area contributed by atoms with Gasteiger partial charge in [0.1, 0.15) is 11.5 Å². The van der Waals surface area contributed by atoms with Crippen molar-refractivity contribution in [1.29, 1.82) is 0 Å². The van der Waals surface area contributed by atoms with Crippen LogP contribution in [0.25, 0.3) is 10.9 Å². The van der Waals surface area contributed by atoms with E-state index in [0.29, 0.717) is 15.4 Å². The molecule has 0 saturated heterocycles. The molecule has 2 rings (SSSR count). The van der Waals surface area contributed by atoms with Crippen molar-refractivity contribution in [2.75, 3.05) is 7.11 Å². The Balaban J connectivity index is 2.66. The van der Waals surface area contributed by atoms with Crippen LogP contribution in [0.3, 0.4) is 0 Å². The summed E-state index contributed by atoms with van der Waals surface area (Å²) in [5.41, 5.74) is 0.806. The summed E-state index contributed by atoms with van der Waals surface area (Å²) in [6, 6.07) is 4.70. The van der Waals surface area contributed by atoms with Crippen LogP contribution in [0, 0.1) is 5.82 Å². The fourth-order valence-electron chi connectivity index (χ4n) is 1.36. The minimum Gasteiger partial charge on any atom is -0.464 e. The first-order valence-electron chi connectivity index (χ1n) is 4.18. The third-order valence-electron chi connectivity index (χ3n) is 2.10. The SMILES string of the molecule is COC(=O)c1cc2c(F)c(Br)ccc2[nH]1. The number of ether oxygens (including phenoxy) is 1. The van der Waals surface area contributed by atoms with Gasteiger partial charge in [0.25, 0.3) is 0 Å². The number of fused-ring (bicyclic) bond motifs is 1. The van der Waals surface area contributed by atoms with Gasteiger partial charge in [-0.1, -0.05) is 0 Å². The van der Waals surface area contributed by atoms with E-state index in [0.717, 1.165) is 0 Å². The van der Waals surface area contributed by atoms with Gasteiger partial charge in [-0.05, 0) is 34.1 Å². The molecular weight excluding hydrogens is 265 g/mol. The average Bonchev–Trinajstić information content (AvgIpc) is 2.67. The van der Waals surface area contributed by atoms with E-state index in [2.05, 4.69) is 25.7 Å². The van der Waals surface area contributed by atoms with Gasteiger partial charge in [0.2, 0.25) is 0 Å². The van der Waals surface area contributed by atoms with Gasteiger partial charge in [-0.3, -0.25) is 0 Å². The van der Waals surface area contributed by atoms with Crippen molar-refractivity contribution < 1.29 is 13.9 Å². The number of hydrogen-bond acceptors (Lipinski definition) is 2. The molecule has 1 aromatic heterocycles. The zero-order valence-electron chi connectivity index (χ0n) is 7.80. The first-order chi connectivity index (χ1) is 7.13. The lowest BCUT2D eigenvalue weighted by molar-refractivity contribution is 0.0595. The van der Waals surface area contributed by atoms with Gasteiger partial charge >= 0.3 is 5.97 Å². The Bertz CT molecular complexity index is 535. The Morgan fingerprint density at radius 1 is 1.53 bits per heavy atom. The van der Waals surface area contributed by atoms with Gasteiger partial charge in [0.15, 0.2) is 0 Å². The predicted octanol–water partition coefficient (Wildman–Crippen LogP) is 2.86. The fraction of sp³-hybridized carbons (Fsp3) is 0.100. The molecule has 0 radical (unpaired) electrons. The summed E-state index contributed by atoms with van der Waals surface area (Å²) >= 11 is 3.07. The molecule has 0 amide bonds. The van der Waals surface area contributed by atoms with Crippen molar-refractivity contribution in [3.8, 4) is 0 Å². The monoisotopic (exact) mass is 271 g/mol. The molecule has 0 unspecified atom stereocenters. The minimum atomic E-state index is -0.512. The van der Waals surface area contributed by atoms with E-state index in [4.69, 9.17) is 0 Å². The second kappa shape index (κ2) is 3.66. The van der Waals surface area contributed by atoms with Crippen molar-refractivity contribution in [2.45, 2.75) is 0 Å². The van der Waals surface area contributed by atoms with Gasteiger partial charge in [0, 0.05) is 10.9 Å². The molecule has 0 aliphatic rings. The number of rotatable bonds is 1. The fourth-order valence-corrected chi connectivity index (χ4v) is 1.71. The molecule has 1 N–H and O–H groups in total. The number of halogens is 2. The molecule has 0 saturated carbocycles. The van der Waals surface area contributed by atoms with Crippen molar-refractivity contribution in [3.63, 3.8) is 0 Å². The number of nitrogens with one attached hydrogen (secondary N) is 1. The minimum absolute atomic E-state index is 0.240. The van der Waals surface area contributed by atoms with Gasteiger partial charge in [0.05, 0.1) is 11.6 Å². The maximum Gasteiger partial charge on any atom is 0.354 e. The molecule has 1 aromatic carbocycles. The van der Waals surface area contributed by atoms with Gasteiger partial charge in [-0.25, -0.2) is 9.18 Å². The van der Waals surface area contributed by atoms with Crippen molar-refractivity contribution in [1.82, 2.24) is 4.98 Å². The standard InChI is InChI=1S/C10H7BrFNO2/c1-15-10(14)8-4-5-7(13-8)3-2-6(11)9(5)12/h2-4,13H,1H3. The zero-order valence-corrected chi connectivity index (χ0v) is 9.39. The zero-order chi connectivity index (χ0) is 11.0. The van der Waals surface area contributed by atoms with Crippen LogP contribution in [0.4, 0.5) is 4.39 Å². The molecule has 1 heterocycles. The van der Waals surface area contributed by atoms with Gasteiger partial charge in [-0.2, -0.15) is 0 Å².